The van der Waals surface area contributed by atoms with E-state index in [1.165, 1.54) is 48.8 Å². The van der Waals surface area contributed by atoms with Crippen LogP contribution in [-0.2, 0) is 97.3 Å². The molecule has 654 valence electrons. The number of benzene rings is 3. The predicted molar refractivity (Wildman–Crippen MR) is 379 cm³/mol. The standard InChI is InChI=1S/C70H100N2O42S2.Zn/c73-13-31-39(83)41(85)49(93)63(101-31)109-57-33(15-75)103-65(51(95)43(57)87)111-59-35(17-77)105-67(53(97)45(59)89)113-61-37(19-79)107-69(55(99)47(61)91)115-21-23-5-7-29(81)25(9-23)11-71-27-3-1-2-4-28(27)72-12-26-10-24(6-8-30(26)82)22-116-70-56(100)48(92)62(38(20-80)108-70)114-68-54(98)46(90)60(36(18-78)106-68)112-66-52(96)44(88)58(34(16-76)104-66)110-64-50(94)42(86)40(84)32(14-74)102-64;/h1-12,31-70,73-100H,13-22H2;/q;+2/p-2/t31-,32-,33-,34-,35-,36-,37-,38-,39-,40-,41+,42+,43-,44-,45-,46-,47-,48-,49-,50-,51-,52-,53-,54-,55-,56-,57-,58-,59-,60-,61-,62-,63-,64-,65-,66-,67-,68-,69+,70+;/m1./s1. The van der Waals surface area contributed by atoms with Gasteiger partial charge in [0.2, 0.25) is 0 Å². The van der Waals surface area contributed by atoms with Gasteiger partial charge in [0, 0.05) is 23.9 Å². The Morgan fingerprint density at radius 3 is 0.778 bits per heavy atom. The molecule has 40 atom stereocenters. The summed E-state index contributed by atoms with van der Waals surface area (Å²) in [5, 5.41) is 305. The summed E-state index contributed by atoms with van der Waals surface area (Å²) in [6.45, 7) is -7.26. The number of hydrogen-bond acceptors (Lipinski definition) is 46. The molecule has 8 saturated heterocycles. The normalized spacial score (nSPS) is 43.6. The molecule has 11 rings (SSSR count). The average molecular weight is 1770 g/mol. The van der Waals surface area contributed by atoms with E-state index >= 15 is 0 Å². The second-order valence-electron chi connectivity index (χ2n) is 28.6. The summed E-state index contributed by atoms with van der Waals surface area (Å²) in [5.74, 6) is -0.875. The molecule has 0 aromatic heterocycles. The topological polar surface area (TPSA) is 726 Å². The van der Waals surface area contributed by atoms with Crippen molar-refractivity contribution in [1.29, 1.82) is 0 Å². The van der Waals surface area contributed by atoms with E-state index in [1.807, 2.05) is 0 Å². The van der Waals surface area contributed by atoms with Gasteiger partial charge in [0.25, 0.3) is 0 Å². The number of nitrogens with zero attached hydrogens (tertiary/aromatic N) is 2. The van der Waals surface area contributed by atoms with Gasteiger partial charge in [-0.25, -0.2) is 0 Å². The van der Waals surface area contributed by atoms with Gasteiger partial charge >= 0.3 is 19.5 Å². The van der Waals surface area contributed by atoms with Gasteiger partial charge in [0.15, 0.2) is 37.7 Å². The molecule has 0 spiro atoms. The summed E-state index contributed by atoms with van der Waals surface area (Å²) in [6, 6.07) is 14.9. The van der Waals surface area contributed by atoms with Crippen LogP contribution in [0.4, 0.5) is 11.4 Å². The molecular weight excluding hydrogens is 1670 g/mol. The molecule has 0 radical (unpaired) electrons. The maximum absolute atomic E-state index is 13.2. The Morgan fingerprint density at radius 1 is 0.291 bits per heavy atom. The van der Waals surface area contributed by atoms with E-state index in [0.717, 1.165) is 23.5 Å². The number of rotatable bonds is 30. The molecule has 0 amide bonds. The van der Waals surface area contributed by atoms with Gasteiger partial charge in [-0.15, -0.1) is 35.0 Å². The fourth-order valence-corrected chi connectivity index (χ4v) is 16.5. The van der Waals surface area contributed by atoms with Crippen LogP contribution >= 0.6 is 23.5 Å². The Kier molecular flexibility index (Phi) is 35.0. The van der Waals surface area contributed by atoms with Gasteiger partial charge in [-0.2, -0.15) is 0 Å². The van der Waals surface area contributed by atoms with Crippen molar-refractivity contribution in [2.24, 2.45) is 9.98 Å². The van der Waals surface area contributed by atoms with Crippen LogP contribution in [0.5, 0.6) is 11.5 Å². The Labute approximate surface area is 685 Å². The first-order valence-corrected chi connectivity index (χ1v) is 38.8. The minimum atomic E-state index is -2.12. The molecule has 0 saturated carbocycles. The van der Waals surface area contributed by atoms with Crippen molar-refractivity contribution < 1.29 is 229 Å². The monoisotopic (exact) mass is 1770 g/mol. The molecule has 8 fully saturated rings. The second kappa shape index (κ2) is 42.8. The molecular formula is C70H98N2O42S2Zn. The molecule has 26 N–H and O–H groups in total. The number of para-hydroxylation sites is 2. The minimum Gasteiger partial charge on any atom is -0.872 e. The number of aliphatic imine (C=N–C) groups is 2. The first-order chi connectivity index (χ1) is 55.4. The van der Waals surface area contributed by atoms with Crippen LogP contribution in [0.2, 0.25) is 0 Å². The maximum atomic E-state index is 13.2. The third kappa shape index (κ3) is 21.3. The summed E-state index contributed by atoms with van der Waals surface area (Å²) >= 11 is 1.89. The maximum Gasteiger partial charge on any atom is 2.00 e. The first kappa shape index (κ1) is 95.6. The van der Waals surface area contributed by atoms with Gasteiger partial charge in [0.1, 0.15) is 206 Å². The Bertz CT molecular complexity index is 3400. The summed E-state index contributed by atoms with van der Waals surface area (Å²) in [7, 11) is 0. The quantitative estimate of drug-likeness (QED) is 0.0218. The third-order valence-electron chi connectivity index (χ3n) is 20.9. The van der Waals surface area contributed by atoms with E-state index < -0.39 is 308 Å². The number of hydrogen-bond donors (Lipinski definition) is 26. The number of aliphatic hydroxyl groups is 26. The van der Waals surface area contributed by atoms with E-state index in [-0.39, 0.29) is 53.5 Å². The fourth-order valence-electron chi connectivity index (χ4n) is 14.2. The Balaban J connectivity index is 0.0000144. The molecule has 117 heavy (non-hydrogen) atoms. The van der Waals surface area contributed by atoms with Crippen molar-refractivity contribution in [2.75, 3.05) is 52.9 Å². The van der Waals surface area contributed by atoms with Crippen LogP contribution in [0, 0.1) is 0 Å². The van der Waals surface area contributed by atoms with Crippen LogP contribution in [0.3, 0.4) is 0 Å². The predicted octanol–water partition coefficient (Wildman–Crippen LogP) is -13.7. The van der Waals surface area contributed by atoms with Gasteiger partial charge < -0.3 is 209 Å². The molecule has 44 nitrogen and oxygen atoms in total. The molecule has 8 aliphatic heterocycles. The second-order valence-corrected chi connectivity index (χ2v) is 30.8. The smallest absolute Gasteiger partial charge is 0.872 e. The molecule has 0 unspecified atom stereocenters. The van der Waals surface area contributed by atoms with E-state index in [1.54, 1.807) is 24.3 Å². The van der Waals surface area contributed by atoms with Gasteiger partial charge in [-0.1, -0.05) is 36.4 Å². The van der Waals surface area contributed by atoms with E-state index in [9.17, 15) is 143 Å². The van der Waals surface area contributed by atoms with Gasteiger partial charge in [-0.05, 0) is 46.5 Å². The van der Waals surface area contributed by atoms with Crippen LogP contribution in [-0.4, -0.2) is 442 Å². The van der Waals surface area contributed by atoms with Crippen molar-refractivity contribution in [1.82, 2.24) is 0 Å². The number of aliphatic hydroxyl groups excluding tert-OH is 26. The first-order valence-electron chi connectivity index (χ1n) is 36.7. The molecule has 3 aromatic rings. The zero-order chi connectivity index (χ0) is 84.0. The zero-order valence-corrected chi connectivity index (χ0v) is 66.3. The summed E-state index contributed by atoms with van der Waals surface area (Å²) in [5.41, 5.74) is -0.894. The van der Waals surface area contributed by atoms with Crippen molar-refractivity contribution >= 4 is 47.3 Å². The molecule has 8 aliphatic rings. The Morgan fingerprint density at radius 2 is 0.521 bits per heavy atom. The summed E-state index contributed by atoms with van der Waals surface area (Å²) in [4.78, 5) is 9.02. The molecule has 0 bridgehead atoms. The van der Waals surface area contributed by atoms with E-state index in [0.29, 0.717) is 11.1 Å². The minimum absolute atomic E-state index is 0. The van der Waals surface area contributed by atoms with Crippen molar-refractivity contribution in [3.8, 4) is 11.5 Å². The van der Waals surface area contributed by atoms with Crippen LogP contribution in [0.25, 0.3) is 0 Å². The number of ether oxygens (including phenoxy) is 14. The van der Waals surface area contributed by atoms with Crippen molar-refractivity contribution in [3.63, 3.8) is 0 Å². The van der Waals surface area contributed by atoms with Crippen molar-refractivity contribution in [3.05, 3.63) is 82.9 Å². The average Bonchev–Trinajstić information content (AvgIpc) is 0.776. The van der Waals surface area contributed by atoms with Crippen LogP contribution in [0.15, 0.2) is 70.6 Å². The molecule has 8 heterocycles. The van der Waals surface area contributed by atoms with Gasteiger partial charge in [0.05, 0.1) is 64.2 Å². The van der Waals surface area contributed by atoms with Gasteiger partial charge in [-0.3, -0.25) is 9.98 Å². The largest absolute Gasteiger partial charge is 2.00 e. The van der Waals surface area contributed by atoms with Crippen molar-refractivity contribution in [2.45, 2.75) is 255 Å². The molecule has 0 aliphatic carbocycles. The van der Waals surface area contributed by atoms with E-state index in [4.69, 9.17) is 66.3 Å². The fraction of sp³-hybridized carbons (Fsp3) is 0.714. The van der Waals surface area contributed by atoms with Crippen LogP contribution in [0.1, 0.15) is 22.3 Å². The SMILES string of the molecule is [O-]c1ccc(CS[C@@H]2O[C@H](CO)[C@@H](O[C@H]3O[C@H](CO)[C@@H](O[C@H]4O[C@H](CO)[C@@H](O[C@H]5O[C@H](CO)[C@@H](O)[C@H](O)[C@H]5O)[C@H](O)[C@H]4O)[C@H](O)[C@H]3O)[C@H](O)[C@H]2O)cc1C=Nc1ccccc1N=Cc1cc(CS[C@@H]2O[C@H](CO)[C@@H](O[C@H]3O[C@H](CO)[C@@H](O[C@H]4O[C@H](CO)[C@@H](O[C@H]5O[C@H](CO)[C@@H](O)[C@H](O)[C@H]5O)[C@H](O)[C@H]4O)[C@H](O)[C@H]3O)[C@H](O)[C@H]2O)ccc1[O-].[Zn+2]. The molecule has 47 heteroatoms. The number of thioether (sulfide) groups is 2. The zero-order valence-electron chi connectivity index (χ0n) is 61.7. The third-order valence-corrected chi connectivity index (χ3v) is 23.3. The summed E-state index contributed by atoms with van der Waals surface area (Å²) in [6.07, 6.45) is -67.0. The van der Waals surface area contributed by atoms with E-state index in [2.05, 4.69) is 9.98 Å². The summed E-state index contributed by atoms with van der Waals surface area (Å²) < 4.78 is 79.5. The van der Waals surface area contributed by atoms with Crippen LogP contribution < -0.4 is 10.2 Å². The Hall–Kier alpha value is -3.68. The molecule has 3 aromatic carbocycles.